The summed E-state index contributed by atoms with van der Waals surface area (Å²) in [5.74, 6) is 0.227. The van der Waals surface area contributed by atoms with Gasteiger partial charge >= 0.3 is 5.91 Å². The lowest BCUT2D eigenvalue weighted by Gasteiger charge is -2.26. The molecular weight excluding hydrogens is 366 g/mol. The second-order valence-electron chi connectivity index (χ2n) is 8.68. The zero-order valence-electron chi connectivity index (χ0n) is 18.7. The Hall–Kier alpha value is -0.860. The molecule has 2 nitrogen and oxygen atoms in total. The molecule has 0 aromatic heterocycles. The van der Waals surface area contributed by atoms with Crippen LogP contribution in [0.2, 0.25) is 0 Å². The van der Waals surface area contributed by atoms with Crippen LogP contribution in [0.25, 0.3) is 0 Å². The van der Waals surface area contributed by atoms with Crippen LogP contribution in [0.4, 0.5) is 0 Å². The van der Waals surface area contributed by atoms with Gasteiger partial charge in [-0.2, -0.15) is 0 Å². The number of carbonyl (C=O) groups is 1. The number of hydrogen-bond acceptors (Lipinski definition) is 1. The van der Waals surface area contributed by atoms with Gasteiger partial charge in [-0.15, -0.1) is 0 Å². The SMILES string of the molecule is CCCCCCCCCCCCCCCC[N+](C)(C)C(=O)c1ccccc1.[Cl-]. The Labute approximate surface area is 181 Å². The second-order valence-corrected chi connectivity index (χ2v) is 8.68. The van der Waals surface area contributed by atoms with E-state index in [9.17, 15) is 4.79 Å². The van der Waals surface area contributed by atoms with E-state index in [2.05, 4.69) is 6.92 Å². The molecule has 3 heteroatoms. The van der Waals surface area contributed by atoms with Gasteiger partial charge in [-0.3, -0.25) is 4.48 Å². The molecule has 28 heavy (non-hydrogen) atoms. The zero-order valence-corrected chi connectivity index (χ0v) is 19.5. The largest absolute Gasteiger partial charge is 1.00 e. The molecule has 0 aliphatic rings. The molecule has 0 atom stereocenters. The summed E-state index contributed by atoms with van der Waals surface area (Å²) in [5.41, 5.74) is 0.827. The summed E-state index contributed by atoms with van der Waals surface area (Å²) in [6.45, 7) is 3.22. The van der Waals surface area contributed by atoms with Crippen molar-refractivity contribution in [1.82, 2.24) is 0 Å². The average Bonchev–Trinajstić information content (AvgIpc) is 2.68. The summed E-state index contributed by atoms with van der Waals surface area (Å²) >= 11 is 0. The lowest BCUT2D eigenvalue weighted by molar-refractivity contribution is -0.807. The monoisotopic (exact) mass is 409 g/mol. The fourth-order valence-electron chi connectivity index (χ4n) is 3.73. The minimum atomic E-state index is 0. The molecule has 0 unspecified atom stereocenters. The first-order valence-corrected chi connectivity index (χ1v) is 11.5. The minimum absolute atomic E-state index is 0. The Morgan fingerprint density at radius 2 is 1.07 bits per heavy atom. The molecule has 1 rings (SSSR count). The highest BCUT2D eigenvalue weighted by Gasteiger charge is 2.26. The van der Waals surface area contributed by atoms with Crippen molar-refractivity contribution < 1.29 is 21.7 Å². The van der Waals surface area contributed by atoms with E-state index in [4.69, 9.17) is 0 Å². The van der Waals surface area contributed by atoms with E-state index < -0.39 is 0 Å². The highest BCUT2D eigenvalue weighted by atomic mass is 35.5. The fourth-order valence-corrected chi connectivity index (χ4v) is 3.73. The Kier molecular flexibility index (Phi) is 16.5. The van der Waals surface area contributed by atoms with E-state index in [-0.39, 0.29) is 18.3 Å². The van der Waals surface area contributed by atoms with Crippen molar-refractivity contribution >= 4 is 5.91 Å². The van der Waals surface area contributed by atoms with Gasteiger partial charge in [0.1, 0.15) is 0 Å². The molecule has 1 aromatic rings. The first-order chi connectivity index (χ1) is 13.1. The topological polar surface area (TPSA) is 17.1 Å². The van der Waals surface area contributed by atoms with Crippen molar-refractivity contribution in [1.29, 1.82) is 0 Å². The number of benzene rings is 1. The van der Waals surface area contributed by atoms with E-state index in [1.54, 1.807) is 0 Å². The van der Waals surface area contributed by atoms with Gasteiger partial charge in [0.05, 0.1) is 26.2 Å². The number of carbonyl (C=O) groups excluding carboxylic acids is 1. The molecule has 0 saturated carbocycles. The van der Waals surface area contributed by atoms with Crippen LogP contribution in [0.3, 0.4) is 0 Å². The number of nitrogens with zero attached hydrogens (tertiary/aromatic N) is 1. The first kappa shape index (κ1) is 27.1. The number of halogens is 1. The third-order valence-corrected chi connectivity index (χ3v) is 5.64. The fraction of sp³-hybridized carbons (Fsp3) is 0.720. The van der Waals surface area contributed by atoms with E-state index in [1.165, 1.54) is 83.5 Å². The number of unbranched alkanes of at least 4 members (excludes halogenated alkanes) is 13. The van der Waals surface area contributed by atoms with Gasteiger partial charge in [0, 0.05) is 0 Å². The molecule has 0 N–H and O–H groups in total. The Morgan fingerprint density at radius 3 is 1.50 bits per heavy atom. The highest BCUT2D eigenvalue weighted by Crippen LogP contribution is 2.15. The van der Waals surface area contributed by atoms with Crippen LogP contribution in [0, 0.1) is 0 Å². The quantitative estimate of drug-likeness (QED) is 0.292. The van der Waals surface area contributed by atoms with Crippen LogP contribution in [0.15, 0.2) is 30.3 Å². The predicted molar refractivity (Wildman–Crippen MR) is 118 cm³/mol. The van der Waals surface area contributed by atoms with Crippen LogP contribution in [-0.4, -0.2) is 31.0 Å². The minimum Gasteiger partial charge on any atom is -1.00 e. The smallest absolute Gasteiger partial charge is 0.345 e. The summed E-state index contributed by atoms with van der Waals surface area (Å²) in [6, 6.07) is 9.70. The summed E-state index contributed by atoms with van der Waals surface area (Å²) in [7, 11) is 4.08. The van der Waals surface area contributed by atoms with E-state index in [0.29, 0.717) is 4.48 Å². The molecule has 1 amide bonds. The maximum Gasteiger partial charge on any atom is 0.345 e. The van der Waals surface area contributed by atoms with Gasteiger partial charge in [0.25, 0.3) is 0 Å². The van der Waals surface area contributed by atoms with Crippen molar-refractivity contribution in [3.8, 4) is 0 Å². The summed E-state index contributed by atoms with van der Waals surface area (Å²) < 4.78 is 0.461. The summed E-state index contributed by atoms with van der Waals surface area (Å²) in [5, 5.41) is 0. The van der Waals surface area contributed by atoms with E-state index >= 15 is 0 Å². The Balaban J connectivity index is 0.00000729. The zero-order chi connectivity index (χ0) is 19.8. The van der Waals surface area contributed by atoms with Gasteiger partial charge in [0.2, 0.25) is 0 Å². The molecule has 0 bridgehead atoms. The van der Waals surface area contributed by atoms with Crippen LogP contribution in [-0.2, 0) is 0 Å². The van der Waals surface area contributed by atoms with E-state index in [0.717, 1.165) is 18.5 Å². The third kappa shape index (κ3) is 12.6. The Bertz CT molecular complexity index is 487. The lowest BCUT2D eigenvalue weighted by atomic mass is 10.0. The van der Waals surface area contributed by atoms with Gasteiger partial charge in [-0.05, 0) is 25.0 Å². The van der Waals surface area contributed by atoms with Gasteiger partial charge in [0.15, 0.2) is 0 Å². The molecule has 0 saturated heterocycles. The van der Waals surface area contributed by atoms with Gasteiger partial charge in [-0.25, -0.2) is 4.79 Å². The van der Waals surface area contributed by atoms with Gasteiger partial charge < -0.3 is 12.4 Å². The molecule has 1 aromatic carbocycles. The van der Waals surface area contributed by atoms with Crippen LogP contribution in [0.1, 0.15) is 107 Å². The first-order valence-electron chi connectivity index (χ1n) is 11.5. The predicted octanol–water partition coefficient (Wildman–Crippen LogP) is 4.39. The van der Waals surface area contributed by atoms with Crippen LogP contribution >= 0.6 is 0 Å². The maximum atomic E-state index is 12.6. The molecule has 0 fully saturated rings. The molecule has 0 aliphatic heterocycles. The lowest BCUT2D eigenvalue weighted by Crippen LogP contribution is -3.00. The number of quaternary nitrogens is 1. The molecular formula is C25H44ClNO. The van der Waals surface area contributed by atoms with Crippen molar-refractivity contribution in [2.45, 2.75) is 96.8 Å². The normalized spacial score (nSPS) is 11.2. The Morgan fingerprint density at radius 1 is 0.679 bits per heavy atom. The maximum absolute atomic E-state index is 12.6. The highest BCUT2D eigenvalue weighted by molar-refractivity contribution is 5.88. The average molecular weight is 410 g/mol. The molecule has 0 aliphatic carbocycles. The van der Waals surface area contributed by atoms with Gasteiger partial charge in [-0.1, -0.05) is 102 Å². The molecule has 162 valence electrons. The molecule has 0 spiro atoms. The second kappa shape index (κ2) is 17.0. The number of amides is 1. The van der Waals surface area contributed by atoms with Crippen molar-refractivity contribution in [2.75, 3.05) is 20.6 Å². The number of hydrogen-bond donors (Lipinski definition) is 0. The summed E-state index contributed by atoms with van der Waals surface area (Å²) in [4.78, 5) is 12.6. The van der Waals surface area contributed by atoms with Crippen LogP contribution in [0.5, 0.6) is 0 Å². The molecule has 0 radical (unpaired) electrons. The van der Waals surface area contributed by atoms with Crippen molar-refractivity contribution in [2.24, 2.45) is 0 Å². The van der Waals surface area contributed by atoms with Crippen LogP contribution < -0.4 is 12.4 Å². The summed E-state index contributed by atoms with van der Waals surface area (Å²) in [6.07, 6.45) is 19.2. The standard InChI is InChI=1S/C25H44NO.ClH/c1-4-5-6-7-8-9-10-11-12-13-14-15-16-20-23-26(2,3)25(27)24-21-18-17-19-22-24;/h17-19,21-22H,4-16,20,23H2,1-3H3;1H/q+1;/p-1. The van der Waals surface area contributed by atoms with Crippen molar-refractivity contribution in [3.05, 3.63) is 35.9 Å². The molecule has 0 heterocycles. The van der Waals surface area contributed by atoms with Crippen molar-refractivity contribution in [3.63, 3.8) is 0 Å². The number of rotatable bonds is 16. The third-order valence-electron chi connectivity index (χ3n) is 5.64. The van der Waals surface area contributed by atoms with E-state index in [1.807, 2.05) is 44.4 Å².